The highest BCUT2D eigenvalue weighted by atomic mass is 19.1. The molecule has 2 N–H and O–H groups in total. The van der Waals surface area contributed by atoms with Gasteiger partial charge in [-0.3, -0.25) is 0 Å². The highest BCUT2D eigenvalue weighted by Gasteiger charge is 2.03. The van der Waals surface area contributed by atoms with Crippen LogP contribution in [0, 0.1) is 5.82 Å². The number of azo groups is 1. The van der Waals surface area contributed by atoms with E-state index >= 15 is 0 Å². The molecule has 0 heterocycles. The van der Waals surface area contributed by atoms with Crippen molar-refractivity contribution in [2.45, 2.75) is 26.2 Å². The van der Waals surface area contributed by atoms with Gasteiger partial charge in [0.05, 0.1) is 22.7 Å². The lowest BCUT2D eigenvalue weighted by atomic mass is 10.1. The quantitative estimate of drug-likeness (QED) is 0.295. The SMILES string of the molecule is CCCCc1ccc(NNc2ccc(N=Nc3ccc(N(C)C)cc3)cc2)cc1F. The van der Waals surface area contributed by atoms with Crippen LogP contribution in [-0.4, -0.2) is 14.1 Å². The van der Waals surface area contributed by atoms with Crippen molar-refractivity contribution < 1.29 is 4.39 Å². The van der Waals surface area contributed by atoms with Crippen molar-refractivity contribution in [3.8, 4) is 0 Å². The number of hydrogen-bond acceptors (Lipinski definition) is 5. The summed E-state index contributed by atoms with van der Waals surface area (Å²) in [5, 5.41) is 8.54. The second-order valence-corrected chi connectivity index (χ2v) is 7.32. The first-order valence-electron chi connectivity index (χ1n) is 10.1. The molecule has 0 radical (unpaired) electrons. The van der Waals surface area contributed by atoms with Gasteiger partial charge < -0.3 is 15.8 Å². The van der Waals surface area contributed by atoms with Gasteiger partial charge in [-0.2, -0.15) is 10.2 Å². The monoisotopic (exact) mass is 405 g/mol. The van der Waals surface area contributed by atoms with Crippen LogP contribution in [0.4, 0.5) is 32.8 Å². The van der Waals surface area contributed by atoms with Crippen LogP contribution in [0.2, 0.25) is 0 Å². The van der Waals surface area contributed by atoms with E-state index < -0.39 is 0 Å². The summed E-state index contributed by atoms with van der Waals surface area (Å²) >= 11 is 0. The Morgan fingerprint density at radius 3 is 1.93 bits per heavy atom. The minimum atomic E-state index is -0.176. The number of anilines is 3. The molecule has 0 fully saturated rings. The molecule has 0 aliphatic carbocycles. The molecule has 5 nitrogen and oxygen atoms in total. The first-order chi connectivity index (χ1) is 14.5. The second kappa shape index (κ2) is 10.4. The molecule has 0 saturated carbocycles. The summed E-state index contributed by atoms with van der Waals surface area (Å²) < 4.78 is 14.1. The molecule has 0 aromatic heterocycles. The van der Waals surface area contributed by atoms with Gasteiger partial charge in [-0.1, -0.05) is 19.4 Å². The summed E-state index contributed by atoms with van der Waals surface area (Å²) in [4.78, 5) is 2.04. The van der Waals surface area contributed by atoms with Gasteiger partial charge in [0.2, 0.25) is 0 Å². The molecule has 0 bridgehead atoms. The molecule has 0 aliphatic rings. The van der Waals surface area contributed by atoms with Crippen molar-refractivity contribution in [2.75, 3.05) is 29.8 Å². The Labute approximate surface area is 177 Å². The number of nitrogens with zero attached hydrogens (tertiary/aromatic N) is 3. The van der Waals surface area contributed by atoms with Gasteiger partial charge in [-0.15, -0.1) is 0 Å². The fourth-order valence-electron chi connectivity index (χ4n) is 2.88. The smallest absolute Gasteiger partial charge is 0.128 e. The lowest BCUT2D eigenvalue weighted by Gasteiger charge is -2.11. The first-order valence-corrected chi connectivity index (χ1v) is 10.1. The highest BCUT2D eigenvalue weighted by Crippen LogP contribution is 2.23. The maximum atomic E-state index is 14.1. The van der Waals surface area contributed by atoms with E-state index in [4.69, 9.17) is 0 Å². The van der Waals surface area contributed by atoms with Crippen LogP contribution < -0.4 is 15.8 Å². The molecule has 0 atom stereocenters. The number of unbranched alkanes of at least 4 members (excludes halogenated alkanes) is 1. The van der Waals surface area contributed by atoms with Crippen molar-refractivity contribution in [2.24, 2.45) is 10.2 Å². The molecular formula is C24H28FN5. The molecule has 0 spiro atoms. The Kier molecular flexibility index (Phi) is 7.38. The average Bonchev–Trinajstić information content (AvgIpc) is 2.76. The van der Waals surface area contributed by atoms with Crippen molar-refractivity contribution in [3.63, 3.8) is 0 Å². The zero-order valence-corrected chi connectivity index (χ0v) is 17.7. The molecule has 156 valence electrons. The molecule has 30 heavy (non-hydrogen) atoms. The van der Waals surface area contributed by atoms with E-state index in [0.717, 1.165) is 47.6 Å². The third-order valence-electron chi connectivity index (χ3n) is 4.72. The van der Waals surface area contributed by atoms with Crippen LogP contribution in [0.15, 0.2) is 77.0 Å². The summed E-state index contributed by atoms with van der Waals surface area (Å²) in [6, 6.07) is 20.6. The van der Waals surface area contributed by atoms with Crippen molar-refractivity contribution in [3.05, 3.63) is 78.1 Å². The zero-order valence-electron chi connectivity index (χ0n) is 17.7. The lowest BCUT2D eigenvalue weighted by molar-refractivity contribution is 0.603. The second-order valence-electron chi connectivity index (χ2n) is 7.32. The normalized spacial score (nSPS) is 10.9. The van der Waals surface area contributed by atoms with Crippen LogP contribution in [0.1, 0.15) is 25.3 Å². The van der Waals surface area contributed by atoms with E-state index in [-0.39, 0.29) is 5.82 Å². The van der Waals surface area contributed by atoms with Gasteiger partial charge >= 0.3 is 0 Å². The number of benzene rings is 3. The summed E-state index contributed by atoms with van der Waals surface area (Å²) in [5.41, 5.74) is 11.1. The number of nitrogens with one attached hydrogen (secondary N) is 2. The van der Waals surface area contributed by atoms with Gasteiger partial charge in [0, 0.05) is 19.8 Å². The molecular weight excluding hydrogens is 377 g/mol. The summed E-state index contributed by atoms with van der Waals surface area (Å²) in [7, 11) is 4.00. The van der Waals surface area contributed by atoms with E-state index in [1.165, 1.54) is 6.07 Å². The summed E-state index contributed by atoms with van der Waals surface area (Å²) in [5.74, 6) is -0.176. The van der Waals surface area contributed by atoms with Gasteiger partial charge in [-0.25, -0.2) is 4.39 Å². The van der Waals surface area contributed by atoms with Crippen molar-refractivity contribution >= 4 is 28.4 Å². The minimum absolute atomic E-state index is 0.176. The molecule has 0 amide bonds. The summed E-state index contributed by atoms with van der Waals surface area (Å²) in [6.45, 7) is 2.10. The number of halogens is 1. The van der Waals surface area contributed by atoms with E-state index in [9.17, 15) is 4.39 Å². The third-order valence-corrected chi connectivity index (χ3v) is 4.72. The minimum Gasteiger partial charge on any atom is -0.378 e. The Hall–Kier alpha value is -3.41. The topological polar surface area (TPSA) is 52.0 Å². The van der Waals surface area contributed by atoms with Crippen LogP contribution in [-0.2, 0) is 6.42 Å². The number of hydrazine groups is 1. The van der Waals surface area contributed by atoms with E-state index in [0.29, 0.717) is 5.69 Å². The maximum absolute atomic E-state index is 14.1. The predicted molar refractivity (Wildman–Crippen MR) is 124 cm³/mol. The van der Waals surface area contributed by atoms with Crippen LogP contribution >= 0.6 is 0 Å². The Balaban J connectivity index is 1.55. The Morgan fingerprint density at radius 2 is 1.37 bits per heavy atom. The number of aryl methyl sites for hydroxylation is 1. The van der Waals surface area contributed by atoms with Gasteiger partial charge in [0.15, 0.2) is 0 Å². The van der Waals surface area contributed by atoms with Gasteiger partial charge in [-0.05, 0) is 79.1 Å². The standard InChI is InChI=1S/C24H28FN5/c1-4-5-6-18-7-8-22(17-24(18)25)29-28-20-11-9-19(10-12-20)26-27-21-13-15-23(16-14-21)30(2)3/h7-17,28-29H,4-6H2,1-3H3. The molecule has 0 aliphatic heterocycles. The van der Waals surface area contributed by atoms with Gasteiger partial charge in [0.25, 0.3) is 0 Å². The first kappa shape index (κ1) is 21.3. The molecule has 3 rings (SSSR count). The van der Waals surface area contributed by atoms with Crippen molar-refractivity contribution in [1.82, 2.24) is 0 Å². The predicted octanol–water partition coefficient (Wildman–Crippen LogP) is 7.09. The van der Waals surface area contributed by atoms with E-state index in [2.05, 4.69) is 28.0 Å². The van der Waals surface area contributed by atoms with Crippen LogP contribution in [0.25, 0.3) is 0 Å². The fraction of sp³-hybridized carbons (Fsp3) is 0.250. The maximum Gasteiger partial charge on any atom is 0.128 e. The Morgan fingerprint density at radius 1 is 0.800 bits per heavy atom. The zero-order chi connectivity index (χ0) is 21.3. The van der Waals surface area contributed by atoms with Gasteiger partial charge in [0.1, 0.15) is 5.82 Å². The van der Waals surface area contributed by atoms with E-state index in [1.807, 2.05) is 79.7 Å². The van der Waals surface area contributed by atoms with Crippen molar-refractivity contribution in [1.29, 1.82) is 0 Å². The molecule has 6 heteroatoms. The average molecular weight is 406 g/mol. The number of rotatable bonds is 9. The highest BCUT2D eigenvalue weighted by molar-refractivity contribution is 5.56. The summed E-state index contributed by atoms with van der Waals surface area (Å²) in [6.07, 6.45) is 2.82. The lowest BCUT2D eigenvalue weighted by Crippen LogP contribution is -2.08. The molecule has 3 aromatic carbocycles. The largest absolute Gasteiger partial charge is 0.378 e. The molecule has 0 unspecified atom stereocenters. The fourth-order valence-corrected chi connectivity index (χ4v) is 2.88. The van der Waals surface area contributed by atoms with Crippen LogP contribution in [0.3, 0.4) is 0 Å². The Bertz CT molecular complexity index is 966. The van der Waals surface area contributed by atoms with E-state index in [1.54, 1.807) is 0 Å². The molecule has 3 aromatic rings. The molecule has 0 saturated heterocycles. The number of hydrogen-bond donors (Lipinski definition) is 2. The van der Waals surface area contributed by atoms with Crippen LogP contribution in [0.5, 0.6) is 0 Å². The third kappa shape index (κ3) is 6.04.